The maximum atomic E-state index is 13.2. The number of halogens is 2. The van der Waals surface area contributed by atoms with Gasteiger partial charge in [-0.2, -0.15) is 0 Å². The number of nitrogens with zero attached hydrogens (tertiary/aromatic N) is 1. The van der Waals surface area contributed by atoms with Crippen molar-refractivity contribution in [3.05, 3.63) is 61.5 Å². The third-order valence-electron chi connectivity index (χ3n) is 2.52. The molecule has 108 valence electrons. The molecule has 21 heavy (non-hydrogen) atoms. The van der Waals surface area contributed by atoms with E-state index in [2.05, 4.69) is 0 Å². The van der Waals surface area contributed by atoms with Crippen LogP contribution in [0.4, 0.5) is 10.1 Å². The lowest BCUT2D eigenvalue weighted by molar-refractivity contribution is -0.385. The first-order valence-electron chi connectivity index (χ1n) is 5.53. The van der Waals surface area contributed by atoms with Gasteiger partial charge in [-0.3, -0.25) is 10.1 Å². The molecule has 6 nitrogen and oxygen atoms in total. The second-order valence-electron chi connectivity index (χ2n) is 3.92. The highest BCUT2D eigenvalue weighted by Crippen LogP contribution is 2.34. The Kier molecular flexibility index (Phi) is 4.36. The lowest BCUT2D eigenvalue weighted by Gasteiger charge is -2.09. The fraction of sp³-hybridized carbons (Fsp3) is 0. The van der Waals surface area contributed by atoms with Crippen LogP contribution in [0, 0.1) is 19.5 Å². The van der Waals surface area contributed by atoms with Crippen molar-refractivity contribution < 1.29 is 24.0 Å². The van der Waals surface area contributed by atoms with Crippen LogP contribution >= 0.6 is 22.6 Å². The molecule has 8 heteroatoms. The molecule has 0 saturated heterocycles. The zero-order valence-electron chi connectivity index (χ0n) is 10.2. The molecule has 0 aliphatic rings. The van der Waals surface area contributed by atoms with Gasteiger partial charge in [-0.1, -0.05) is 0 Å². The standard InChI is InChI=1S/C13H7FINO5/c14-8-2-4-10(16(19)20)12(6-8)21-11-5-7(13(17)18)1-3-9(11)15/h1-6H,(H,17,18). The predicted octanol–water partition coefficient (Wildman–Crippen LogP) is 3.83. The molecule has 0 unspecified atom stereocenters. The largest absolute Gasteiger partial charge is 0.478 e. The van der Waals surface area contributed by atoms with Gasteiger partial charge in [-0.25, -0.2) is 9.18 Å². The highest BCUT2D eigenvalue weighted by atomic mass is 127. The Hall–Kier alpha value is -2.23. The van der Waals surface area contributed by atoms with Crippen molar-refractivity contribution >= 4 is 34.2 Å². The molecule has 0 atom stereocenters. The van der Waals surface area contributed by atoms with Gasteiger partial charge in [0.05, 0.1) is 14.1 Å². The number of nitro benzene ring substituents is 1. The van der Waals surface area contributed by atoms with Gasteiger partial charge in [0.15, 0.2) is 0 Å². The number of carboxylic acid groups (broad SMARTS) is 1. The Morgan fingerprint density at radius 1 is 1.24 bits per heavy atom. The van der Waals surface area contributed by atoms with Gasteiger partial charge in [0.1, 0.15) is 11.6 Å². The zero-order chi connectivity index (χ0) is 15.6. The Balaban J connectivity index is 2.47. The van der Waals surface area contributed by atoms with Gasteiger partial charge in [0.25, 0.3) is 0 Å². The molecule has 1 N–H and O–H groups in total. The van der Waals surface area contributed by atoms with Gasteiger partial charge in [0.2, 0.25) is 5.75 Å². The molecule has 0 spiro atoms. The van der Waals surface area contributed by atoms with E-state index in [1.54, 1.807) is 0 Å². The summed E-state index contributed by atoms with van der Waals surface area (Å²) < 4.78 is 19.1. The van der Waals surface area contributed by atoms with E-state index in [1.165, 1.54) is 18.2 Å². The van der Waals surface area contributed by atoms with E-state index in [0.29, 0.717) is 3.57 Å². The lowest BCUT2D eigenvalue weighted by atomic mass is 10.2. The third-order valence-corrected chi connectivity index (χ3v) is 3.41. The van der Waals surface area contributed by atoms with Crippen LogP contribution in [0.15, 0.2) is 36.4 Å². The number of hydrogen-bond donors (Lipinski definition) is 1. The van der Waals surface area contributed by atoms with Crippen molar-refractivity contribution in [2.24, 2.45) is 0 Å². The van der Waals surface area contributed by atoms with Crippen molar-refractivity contribution in [1.82, 2.24) is 0 Å². The minimum Gasteiger partial charge on any atom is -0.478 e. The first-order valence-corrected chi connectivity index (χ1v) is 6.61. The number of hydrogen-bond acceptors (Lipinski definition) is 4. The van der Waals surface area contributed by atoms with Crippen molar-refractivity contribution in [1.29, 1.82) is 0 Å². The summed E-state index contributed by atoms with van der Waals surface area (Å²) in [4.78, 5) is 21.1. The average molecular weight is 403 g/mol. The maximum Gasteiger partial charge on any atom is 0.335 e. The molecule has 2 aromatic rings. The number of carbonyl (C=O) groups is 1. The summed E-state index contributed by atoms with van der Waals surface area (Å²) in [5, 5.41) is 19.8. The van der Waals surface area contributed by atoms with Gasteiger partial charge < -0.3 is 9.84 Å². The summed E-state index contributed by atoms with van der Waals surface area (Å²) in [6.45, 7) is 0. The van der Waals surface area contributed by atoms with Crippen LogP contribution < -0.4 is 4.74 Å². The van der Waals surface area contributed by atoms with Crippen molar-refractivity contribution in [2.75, 3.05) is 0 Å². The van der Waals surface area contributed by atoms with E-state index < -0.39 is 22.4 Å². The van der Waals surface area contributed by atoms with E-state index in [1.807, 2.05) is 22.6 Å². The summed E-state index contributed by atoms with van der Waals surface area (Å²) in [5.74, 6) is -2.05. The normalized spacial score (nSPS) is 10.2. The monoisotopic (exact) mass is 403 g/mol. The fourth-order valence-corrected chi connectivity index (χ4v) is 2.00. The fourth-order valence-electron chi connectivity index (χ4n) is 1.55. The molecule has 0 aromatic heterocycles. The number of aromatic carboxylic acids is 1. The first kappa shape index (κ1) is 15.2. The topological polar surface area (TPSA) is 89.7 Å². The molecule has 0 bridgehead atoms. The number of benzene rings is 2. The molecular weight excluding hydrogens is 396 g/mol. The molecule has 0 saturated carbocycles. The molecule has 0 aliphatic carbocycles. The maximum absolute atomic E-state index is 13.2. The molecule has 0 heterocycles. The van der Waals surface area contributed by atoms with Gasteiger partial charge >= 0.3 is 11.7 Å². The Labute approximate surface area is 131 Å². The highest BCUT2D eigenvalue weighted by Gasteiger charge is 2.18. The van der Waals surface area contributed by atoms with E-state index in [-0.39, 0.29) is 17.1 Å². The van der Waals surface area contributed by atoms with Crippen molar-refractivity contribution in [3.63, 3.8) is 0 Å². The quantitative estimate of drug-likeness (QED) is 0.476. The van der Waals surface area contributed by atoms with Gasteiger partial charge in [-0.15, -0.1) is 0 Å². The van der Waals surface area contributed by atoms with Crippen LogP contribution in [-0.2, 0) is 0 Å². The van der Waals surface area contributed by atoms with E-state index in [9.17, 15) is 19.3 Å². The molecule has 2 aromatic carbocycles. The zero-order valence-corrected chi connectivity index (χ0v) is 12.4. The summed E-state index contributed by atoms with van der Waals surface area (Å²) >= 11 is 1.88. The number of carboxylic acids is 1. The van der Waals surface area contributed by atoms with Crippen LogP contribution in [0.2, 0.25) is 0 Å². The Bertz CT molecular complexity index is 734. The van der Waals surface area contributed by atoms with Crippen molar-refractivity contribution in [2.45, 2.75) is 0 Å². The molecule has 0 radical (unpaired) electrons. The van der Waals surface area contributed by atoms with Crippen LogP contribution in [0.3, 0.4) is 0 Å². The summed E-state index contributed by atoms with van der Waals surface area (Å²) in [7, 11) is 0. The first-order chi connectivity index (χ1) is 9.88. The van der Waals surface area contributed by atoms with Crippen molar-refractivity contribution in [3.8, 4) is 11.5 Å². The van der Waals surface area contributed by atoms with Crippen LogP contribution in [0.1, 0.15) is 10.4 Å². The average Bonchev–Trinajstić information content (AvgIpc) is 2.40. The smallest absolute Gasteiger partial charge is 0.335 e. The summed E-state index contributed by atoms with van der Waals surface area (Å²) in [5.41, 5.74) is -0.447. The minimum absolute atomic E-state index is 0.0375. The molecule has 2 rings (SSSR count). The lowest BCUT2D eigenvalue weighted by Crippen LogP contribution is -1.99. The predicted molar refractivity (Wildman–Crippen MR) is 79.2 cm³/mol. The minimum atomic E-state index is -1.16. The molecule has 0 fully saturated rings. The third kappa shape index (κ3) is 3.45. The van der Waals surface area contributed by atoms with Crippen LogP contribution in [0.5, 0.6) is 11.5 Å². The van der Waals surface area contributed by atoms with E-state index in [0.717, 1.165) is 18.2 Å². The van der Waals surface area contributed by atoms with Gasteiger partial charge in [-0.05, 0) is 46.9 Å². The second kappa shape index (κ2) is 6.04. The molecule has 0 aliphatic heterocycles. The number of rotatable bonds is 4. The molecular formula is C13H7FINO5. The van der Waals surface area contributed by atoms with E-state index in [4.69, 9.17) is 9.84 Å². The highest BCUT2D eigenvalue weighted by molar-refractivity contribution is 14.1. The van der Waals surface area contributed by atoms with Gasteiger partial charge in [0, 0.05) is 12.1 Å². The summed E-state index contributed by atoms with van der Waals surface area (Å²) in [6, 6.07) is 6.89. The SMILES string of the molecule is O=C(O)c1ccc(I)c(Oc2cc(F)ccc2[N+](=O)[O-])c1. The summed E-state index contributed by atoms with van der Waals surface area (Å²) in [6.07, 6.45) is 0. The second-order valence-corrected chi connectivity index (χ2v) is 5.08. The number of ether oxygens (including phenoxy) is 1. The van der Waals surface area contributed by atoms with Crippen LogP contribution in [0.25, 0.3) is 0 Å². The van der Waals surface area contributed by atoms with E-state index >= 15 is 0 Å². The van der Waals surface area contributed by atoms with Crippen LogP contribution in [-0.4, -0.2) is 16.0 Å². The number of nitro groups is 1. The molecule has 0 amide bonds. The Morgan fingerprint density at radius 3 is 2.57 bits per heavy atom. The Morgan fingerprint density at radius 2 is 1.95 bits per heavy atom.